The zero-order valence-corrected chi connectivity index (χ0v) is 61.0. The number of hydrogen-bond donors (Lipinski definition) is 3. The molecule has 0 aromatic rings. The number of carbonyl (C=O) groups excluding carboxylic acids is 4. The van der Waals surface area contributed by atoms with Crippen molar-refractivity contribution in [2.24, 2.45) is 5.92 Å². The van der Waals surface area contributed by atoms with Crippen molar-refractivity contribution in [1.82, 2.24) is 0 Å². The fourth-order valence-electron chi connectivity index (χ4n) is 10.6. The van der Waals surface area contributed by atoms with Crippen LogP contribution in [-0.4, -0.2) is 96.7 Å². The molecule has 0 aliphatic rings. The number of rotatable bonds is 71. The van der Waals surface area contributed by atoms with Crippen molar-refractivity contribution in [2.45, 2.75) is 374 Å². The van der Waals surface area contributed by atoms with E-state index < -0.39 is 97.5 Å². The van der Waals surface area contributed by atoms with Crippen molar-refractivity contribution in [3.8, 4) is 0 Å². The normalized spacial score (nSPS) is 14.2. The van der Waals surface area contributed by atoms with Crippen LogP contribution >= 0.6 is 15.6 Å². The van der Waals surface area contributed by atoms with Crippen LogP contribution in [0, 0.1) is 5.92 Å². The molecule has 0 spiro atoms. The standard InChI is InChI=1S/C73H138O17P2/c1-6-9-12-15-18-20-22-24-26-28-34-38-43-48-53-58-72(77)89-68(62-83-70(75)56-51-46-40-17-14-11-8-3)64-87-91(79,80)85-60-67(74)61-86-92(81,82)88-65-69(90-73(78)59-54-49-44-39-35-29-27-25-23-21-19-16-13-10-7-2)63-84-71(76)57-52-47-42-37-33-31-30-32-36-41-45-50-55-66(4)5/h21,23,25,27,66-69,74H,6-20,22,24,26,28-65H2,1-5H3,(H,79,80)(H,81,82)/b23-21-,27-25-/t67-,68+,69+/m0/s1. The van der Waals surface area contributed by atoms with Gasteiger partial charge in [0.15, 0.2) is 12.2 Å². The Morgan fingerprint density at radius 2 is 0.587 bits per heavy atom. The monoisotopic (exact) mass is 1350 g/mol. The molecule has 0 aliphatic heterocycles. The second kappa shape index (κ2) is 65.8. The molecule has 0 aromatic heterocycles. The Hall–Kier alpha value is -2.46. The second-order valence-electron chi connectivity index (χ2n) is 26.1. The predicted molar refractivity (Wildman–Crippen MR) is 372 cm³/mol. The number of carbonyl (C=O) groups is 4. The van der Waals surface area contributed by atoms with Crippen LogP contribution in [0.15, 0.2) is 24.3 Å². The Balaban J connectivity index is 5.24. The highest BCUT2D eigenvalue weighted by Gasteiger charge is 2.30. The van der Waals surface area contributed by atoms with Crippen LogP contribution in [0.25, 0.3) is 0 Å². The minimum atomic E-state index is -4.96. The molecule has 0 heterocycles. The van der Waals surface area contributed by atoms with E-state index in [-0.39, 0.29) is 25.7 Å². The molecule has 19 heteroatoms. The minimum absolute atomic E-state index is 0.0853. The largest absolute Gasteiger partial charge is 0.472 e. The van der Waals surface area contributed by atoms with Gasteiger partial charge in [0, 0.05) is 25.7 Å². The number of phosphoric acid groups is 2. The van der Waals surface area contributed by atoms with Gasteiger partial charge in [0.1, 0.15) is 19.3 Å². The van der Waals surface area contributed by atoms with Gasteiger partial charge in [-0.1, -0.05) is 303 Å². The van der Waals surface area contributed by atoms with E-state index in [0.717, 1.165) is 121 Å². The first-order valence-corrected chi connectivity index (χ1v) is 40.4. The van der Waals surface area contributed by atoms with Gasteiger partial charge in [-0.15, -0.1) is 0 Å². The molecule has 0 saturated carbocycles. The van der Waals surface area contributed by atoms with Gasteiger partial charge < -0.3 is 33.8 Å². The Labute approximate surface area is 561 Å². The number of phosphoric ester groups is 2. The van der Waals surface area contributed by atoms with Gasteiger partial charge in [-0.25, -0.2) is 9.13 Å². The molecule has 5 atom stereocenters. The van der Waals surface area contributed by atoms with Crippen LogP contribution in [0.4, 0.5) is 0 Å². The third-order valence-corrected chi connectivity index (χ3v) is 18.3. The summed E-state index contributed by atoms with van der Waals surface area (Å²) in [5, 5.41) is 10.6. The van der Waals surface area contributed by atoms with Crippen molar-refractivity contribution in [3.63, 3.8) is 0 Å². The molecule has 0 radical (unpaired) electrons. The maximum absolute atomic E-state index is 13.0. The number of unbranched alkanes of at least 4 members (excludes halogenated alkanes) is 40. The summed E-state index contributed by atoms with van der Waals surface area (Å²) in [6, 6.07) is 0. The van der Waals surface area contributed by atoms with Gasteiger partial charge in [-0.3, -0.25) is 37.3 Å². The quantitative estimate of drug-likeness (QED) is 0.0169. The number of allylic oxidation sites excluding steroid dienone is 4. The molecule has 0 saturated heterocycles. The van der Waals surface area contributed by atoms with Crippen LogP contribution in [0.1, 0.15) is 356 Å². The number of hydrogen-bond acceptors (Lipinski definition) is 15. The smallest absolute Gasteiger partial charge is 0.462 e. The zero-order chi connectivity index (χ0) is 67.7. The topological polar surface area (TPSA) is 237 Å². The maximum Gasteiger partial charge on any atom is 0.472 e. The van der Waals surface area contributed by atoms with E-state index in [9.17, 15) is 43.2 Å². The lowest BCUT2D eigenvalue weighted by atomic mass is 10.0. The summed E-state index contributed by atoms with van der Waals surface area (Å²) in [6.07, 6.45) is 56.3. The first-order chi connectivity index (χ1) is 44.5. The van der Waals surface area contributed by atoms with E-state index in [1.165, 1.54) is 154 Å². The van der Waals surface area contributed by atoms with Crippen molar-refractivity contribution >= 4 is 39.5 Å². The zero-order valence-electron chi connectivity index (χ0n) is 59.2. The molecule has 92 heavy (non-hydrogen) atoms. The van der Waals surface area contributed by atoms with E-state index in [1.807, 2.05) is 0 Å². The van der Waals surface area contributed by atoms with Crippen molar-refractivity contribution < 1.29 is 80.2 Å². The lowest BCUT2D eigenvalue weighted by Gasteiger charge is -2.21. The van der Waals surface area contributed by atoms with Crippen molar-refractivity contribution in [1.29, 1.82) is 0 Å². The third-order valence-electron chi connectivity index (χ3n) is 16.4. The molecule has 17 nitrogen and oxygen atoms in total. The SMILES string of the molecule is CCCCCC/C=C\C=C/CCCCCCCC(=O)O[C@H](COC(=O)CCCCCCCCCCCCCCC(C)C)COP(=O)(O)OC[C@@H](O)COP(=O)(O)OC[C@@H](COC(=O)CCCCCCCCC)OC(=O)CCCCCCCCCCCCCCCCC. The van der Waals surface area contributed by atoms with Gasteiger partial charge in [-0.05, 0) is 57.3 Å². The highest BCUT2D eigenvalue weighted by molar-refractivity contribution is 7.47. The maximum atomic E-state index is 13.0. The van der Waals surface area contributed by atoms with E-state index in [2.05, 4.69) is 58.9 Å². The average Bonchev–Trinajstić information content (AvgIpc) is 3.63. The number of esters is 4. The molecule has 0 aliphatic carbocycles. The van der Waals surface area contributed by atoms with Crippen LogP contribution in [0.3, 0.4) is 0 Å². The van der Waals surface area contributed by atoms with E-state index in [0.29, 0.717) is 25.7 Å². The molecule has 0 fully saturated rings. The Morgan fingerprint density at radius 1 is 0.337 bits per heavy atom. The Bertz CT molecular complexity index is 1860. The van der Waals surface area contributed by atoms with Crippen molar-refractivity contribution in [3.05, 3.63) is 24.3 Å². The van der Waals surface area contributed by atoms with Gasteiger partial charge in [-0.2, -0.15) is 0 Å². The summed E-state index contributed by atoms with van der Waals surface area (Å²) < 4.78 is 68.3. The van der Waals surface area contributed by atoms with Crippen LogP contribution in [-0.2, 0) is 65.4 Å². The van der Waals surface area contributed by atoms with E-state index >= 15 is 0 Å². The average molecular weight is 1350 g/mol. The number of aliphatic hydroxyl groups is 1. The highest BCUT2D eigenvalue weighted by Crippen LogP contribution is 2.45. The molecular formula is C73H138O17P2. The Kier molecular flexibility index (Phi) is 64.0. The summed E-state index contributed by atoms with van der Waals surface area (Å²) in [5.74, 6) is -1.37. The summed E-state index contributed by atoms with van der Waals surface area (Å²) >= 11 is 0. The highest BCUT2D eigenvalue weighted by atomic mass is 31.2. The first kappa shape index (κ1) is 89.5. The predicted octanol–water partition coefficient (Wildman–Crippen LogP) is 20.9. The minimum Gasteiger partial charge on any atom is -0.462 e. The number of ether oxygens (including phenoxy) is 4. The van der Waals surface area contributed by atoms with Crippen molar-refractivity contribution in [2.75, 3.05) is 39.6 Å². The number of aliphatic hydroxyl groups excluding tert-OH is 1. The molecule has 0 bridgehead atoms. The van der Waals surface area contributed by atoms with Gasteiger partial charge in [0.25, 0.3) is 0 Å². The first-order valence-electron chi connectivity index (χ1n) is 37.5. The van der Waals surface area contributed by atoms with Gasteiger partial charge in [0.2, 0.25) is 0 Å². The summed E-state index contributed by atoms with van der Waals surface area (Å²) in [4.78, 5) is 72.5. The van der Waals surface area contributed by atoms with Gasteiger partial charge >= 0.3 is 39.5 Å². The summed E-state index contributed by atoms with van der Waals surface area (Å²) in [6.45, 7) is 7.18. The van der Waals surface area contributed by atoms with E-state index in [4.69, 9.17) is 37.0 Å². The summed E-state index contributed by atoms with van der Waals surface area (Å²) in [7, 11) is -9.91. The molecule has 0 rings (SSSR count). The molecule has 542 valence electrons. The fraction of sp³-hybridized carbons (Fsp3) is 0.890. The lowest BCUT2D eigenvalue weighted by Crippen LogP contribution is -2.30. The lowest BCUT2D eigenvalue weighted by molar-refractivity contribution is -0.161. The van der Waals surface area contributed by atoms with Crippen LogP contribution in [0.2, 0.25) is 0 Å². The van der Waals surface area contributed by atoms with E-state index in [1.54, 1.807) is 0 Å². The molecular weight excluding hydrogens is 1210 g/mol. The third kappa shape index (κ3) is 66.2. The molecule has 3 N–H and O–H groups in total. The molecule has 0 amide bonds. The molecule has 2 unspecified atom stereocenters. The second-order valence-corrected chi connectivity index (χ2v) is 29.0. The summed E-state index contributed by atoms with van der Waals surface area (Å²) in [5.41, 5.74) is 0. The van der Waals surface area contributed by atoms with Crippen LogP contribution in [0.5, 0.6) is 0 Å². The van der Waals surface area contributed by atoms with Gasteiger partial charge in [0.05, 0.1) is 26.4 Å². The van der Waals surface area contributed by atoms with Crippen LogP contribution < -0.4 is 0 Å². The Morgan fingerprint density at radius 3 is 0.891 bits per heavy atom. The molecule has 0 aromatic carbocycles. The fourth-order valence-corrected chi connectivity index (χ4v) is 12.2.